The fourth-order valence-electron chi connectivity index (χ4n) is 2.44. The van der Waals surface area contributed by atoms with Gasteiger partial charge in [-0.2, -0.15) is 0 Å². The highest BCUT2D eigenvalue weighted by Crippen LogP contribution is 2.24. The number of rotatable bonds is 4. The van der Waals surface area contributed by atoms with Gasteiger partial charge in [0.05, 0.1) is 0 Å². The fourth-order valence-corrected chi connectivity index (χ4v) is 2.81. The van der Waals surface area contributed by atoms with E-state index < -0.39 is 0 Å². The van der Waals surface area contributed by atoms with Crippen LogP contribution in [0.3, 0.4) is 0 Å². The summed E-state index contributed by atoms with van der Waals surface area (Å²) in [5.41, 5.74) is 2.14. The van der Waals surface area contributed by atoms with E-state index in [1.54, 1.807) is 0 Å². The molecule has 1 aliphatic carbocycles. The van der Waals surface area contributed by atoms with Gasteiger partial charge in [-0.25, -0.2) is 0 Å². The molecule has 1 amide bonds. The Bertz CT molecular complexity index is 455. The van der Waals surface area contributed by atoms with Crippen LogP contribution in [0.2, 0.25) is 0 Å². The predicted octanol–water partition coefficient (Wildman–Crippen LogP) is 3.62. The van der Waals surface area contributed by atoms with Gasteiger partial charge in [0.2, 0.25) is 5.91 Å². The molecule has 2 N–H and O–H groups in total. The average Bonchev–Trinajstić information content (AvgIpc) is 2.86. The summed E-state index contributed by atoms with van der Waals surface area (Å²) in [6.45, 7) is 3.94. The number of benzene rings is 1. The standard InChI is InChI=1S/C15H21BrN2O/c1-10-7-8-13(16)14(9-10)17-11(2)15(19)18-12-5-3-4-6-12/h7-9,11-12,17H,3-6H2,1-2H3,(H,18,19). The molecular formula is C15H21BrN2O. The van der Waals surface area contributed by atoms with E-state index in [0.717, 1.165) is 23.0 Å². The summed E-state index contributed by atoms with van der Waals surface area (Å²) in [6, 6.07) is 6.23. The lowest BCUT2D eigenvalue weighted by atomic mass is 10.2. The number of halogens is 1. The molecule has 1 aromatic carbocycles. The number of anilines is 1. The zero-order valence-electron chi connectivity index (χ0n) is 11.5. The smallest absolute Gasteiger partial charge is 0.242 e. The summed E-state index contributed by atoms with van der Waals surface area (Å²) < 4.78 is 0.985. The van der Waals surface area contributed by atoms with Crippen molar-refractivity contribution in [2.24, 2.45) is 0 Å². The van der Waals surface area contributed by atoms with E-state index in [0.29, 0.717) is 6.04 Å². The van der Waals surface area contributed by atoms with Crippen LogP contribution < -0.4 is 10.6 Å². The first-order chi connectivity index (χ1) is 9.06. The van der Waals surface area contributed by atoms with E-state index in [9.17, 15) is 4.79 Å². The predicted molar refractivity (Wildman–Crippen MR) is 82.4 cm³/mol. The first-order valence-corrected chi connectivity index (χ1v) is 7.68. The van der Waals surface area contributed by atoms with Crippen LogP contribution in [0.1, 0.15) is 38.2 Å². The van der Waals surface area contributed by atoms with Crippen molar-refractivity contribution in [3.05, 3.63) is 28.2 Å². The van der Waals surface area contributed by atoms with Crippen molar-refractivity contribution in [2.75, 3.05) is 5.32 Å². The third-order valence-corrected chi connectivity index (χ3v) is 4.28. The van der Waals surface area contributed by atoms with Gasteiger partial charge in [-0.3, -0.25) is 4.79 Å². The average molecular weight is 325 g/mol. The first kappa shape index (κ1) is 14.4. The quantitative estimate of drug-likeness (QED) is 0.888. The molecule has 1 aliphatic rings. The molecule has 1 fully saturated rings. The van der Waals surface area contributed by atoms with Gasteiger partial charge in [0.15, 0.2) is 0 Å². The molecule has 1 atom stereocenters. The van der Waals surface area contributed by atoms with E-state index in [2.05, 4.69) is 26.6 Å². The Morgan fingerprint density at radius 2 is 2.05 bits per heavy atom. The van der Waals surface area contributed by atoms with Crippen LogP contribution in [0.15, 0.2) is 22.7 Å². The van der Waals surface area contributed by atoms with E-state index in [1.165, 1.54) is 18.4 Å². The number of hydrogen-bond donors (Lipinski definition) is 2. The molecule has 0 bridgehead atoms. The summed E-state index contributed by atoms with van der Waals surface area (Å²) in [6.07, 6.45) is 4.70. The molecule has 0 saturated heterocycles. The lowest BCUT2D eigenvalue weighted by Crippen LogP contribution is -2.42. The van der Waals surface area contributed by atoms with Crippen molar-refractivity contribution in [2.45, 2.75) is 51.6 Å². The summed E-state index contributed by atoms with van der Waals surface area (Å²) >= 11 is 3.50. The SMILES string of the molecule is Cc1ccc(Br)c(NC(C)C(=O)NC2CCCC2)c1. The Morgan fingerprint density at radius 3 is 2.74 bits per heavy atom. The maximum absolute atomic E-state index is 12.1. The van der Waals surface area contributed by atoms with Gasteiger partial charge >= 0.3 is 0 Å². The van der Waals surface area contributed by atoms with Crippen molar-refractivity contribution in [1.29, 1.82) is 0 Å². The van der Waals surface area contributed by atoms with Gasteiger partial charge in [0.25, 0.3) is 0 Å². The minimum atomic E-state index is -0.223. The number of aryl methyl sites for hydroxylation is 1. The van der Waals surface area contributed by atoms with Crippen LogP contribution in [0.25, 0.3) is 0 Å². The lowest BCUT2D eigenvalue weighted by molar-refractivity contribution is -0.122. The molecule has 104 valence electrons. The molecule has 1 saturated carbocycles. The van der Waals surface area contributed by atoms with Gasteiger partial charge in [-0.05, 0) is 60.3 Å². The molecule has 0 spiro atoms. The Kier molecular flexibility index (Phi) is 4.86. The molecule has 1 unspecified atom stereocenters. The molecule has 1 aromatic rings. The van der Waals surface area contributed by atoms with Gasteiger partial charge in [-0.15, -0.1) is 0 Å². The second kappa shape index (κ2) is 6.42. The van der Waals surface area contributed by atoms with Crippen molar-refractivity contribution in [3.8, 4) is 0 Å². The van der Waals surface area contributed by atoms with E-state index in [4.69, 9.17) is 0 Å². The lowest BCUT2D eigenvalue weighted by Gasteiger charge is -2.19. The molecule has 2 rings (SSSR count). The van der Waals surface area contributed by atoms with Crippen molar-refractivity contribution in [3.63, 3.8) is 0 Å². The summed E-state index contributed by atoms with van der Waals surface area (Å²) in [5, 5.41) is 6.38. The van der Waals surface area contributed by atoms with E-state index in [-0.39, 0.29) is 11.9 Å². The van der Waals surface area contributed by atoms with Gasteiger partial charge in [-0.1, -0.05) is 18.9 Å². The van der Waals surface area contributed by atoms with Crippen LogP contribution in [0, 0.1) is 6.92 Å². The molecule has 0 aliphatic heterocycles. The second-order valence-electron chi connectivity index (χ2n) is 5.34. The highest BCUT2D eigenvalue weighted by atomic mass is 79.9. The molecule has 0 radical (unpaired) electrons. The summed E-state index contributed by atoms with van der Waals surface area (Å²) in [7, 11) is 0. The summed E-state index contributed by atoms with van der Waals surface area (Å²) in [5.74, 6) is 0.0836. The minimum absolute atomic E-state index is 0.0836. The van der Waals surface area contributed by atoms with Crippen LogP contribution in [0.4, 0.5) is 5.69 Å². The molecule has 4 heteroatoms. The van der Waals surface area contributed by atoms with Crippen molar-refractivity contribution >= 4 is 27.5 Å². The molecule has 3 nitrogen and oxygen atoms in total. The van der Waals surface area contributed by atoms with Gasteiger partial charge in [0, 0.05) is 16.2 Å². The largest absolute Gasteiger partial charge is 0.373 e. The molecular weight excluding hydrogens is 304 g/mol. The number of nitrogens with one attached hydrogen (secondary N) is 2. The summed E-state index contributed by atoms with van der Waals surface area (Å²) in [4.78, 5) is 12.1. The maximum atomic E-state index is 12.1. The van der Waals surface area contributed by atoms with Crippen LogP contribution in [-0.2, 0) is 4.79 Å². The van der Waals surface area contributed by atoms with Crippen LogP contribution >= 0.6 is 15.9 Å². The third kappa shape index (κ3) is 3.96. The Labute approximate surface area is 123 Å². The number of carbonyl (C=O) groups is 1. The Hall–Kier alpha value is -1.03. The zero-order chi connectivity index (χ0) is 13.8. The number of amides is 1. The minimum Gasteiger partial charge on any atom is -0.373 e. The van der Waals surface area contributed by atoms with Crippen molar-refractivity contribution < 1.29 is 4.79 Å². The van der Waals surface area contributed by atoms with Gasteiger partial charge < -0.3 is 10.6 Å². The number of carbonyl (C=O) groups excluding carboxylic acids is 1. The second-order valence-corrected chi connectivity index (χ2v) is 6.19. The monoisotopic (exact) mass is 324 g/mol. The topological polar surface area (TPSA) is 41.1 Å². The van der Waals surface area contributed by atoms with E-state index in [1.807, 2.05) is 32.0 Å². The van der Waals surface area contributed by atoms with Crippen molar-refractivity contribution in [1.82, 2.24) is 5.32 Å². The fraction of sp³-hybridized carbons (Fsp3) is 0.533. The molecule has 19 heavy (non-hydrogen) atoms. The maximum Gasteiger partial charge on any atom is 0.242 e. The molecule has 0 aromatic heterocycles. The Morgan fingerprint density at radius 1 is 1.37 bits per heavy atom. The number of hydrogen-bond acceptors (Lipinski definition) is 2. The molecule has 0 heterocycles. The zero-order valence-corrected chi connectivity index (χ0v) is 13.1. The highest BCUT2D eigenvalue weighted by Gasteiger charge is 2.20. The van der Waals surface area contributed by atoms with Gasteiger partial charge in [0.1, 0.15) is 6.04 Å². The normalized spacial score (nSPS) is 17.2. The van der Waals surface area contributed by atoms with Crippen LogP contribution in [-0.4, -0.2) is 18.0 Å². The third-order valence-electron chi connectivity index (χ3n) is 3.59. The highest BCUT2D eigenvalue weighted by molar-refractivity contribution is 9.10. The van der Waals surface area contributed by atoms with Crippen LogP contribution in [0.5, 0.6) is 0 Å². The first-order valence-electron chi connectivity index (χ1n) is 6.89. The van der Waals surface area contributed by atoms with E-state index >= 15 is 0 Å². The Balaban J connectivity index is 1.93.